The number of hydrogen-bond acceptors (Lipinski definition) is 4. The third-order valence-corrected chi connectivity index (χ3v) is 3.42. The predicted octanol–water partition coefficient (Wildman–Crippen LogP) is 1.54. The molecule has 2 rings (SSSR count). The molecule has 1 aromatic carbocycles. The molecule has 1 saturated heterocycles. The van der Waals surface area contributed by atoms with Crippen molar-refractivity contribution < 1.29 is 9.13 Å². The Morgan fingerprint density at radius 1 is 1.53 bits per heavy atom. The fourth-order valence-electron chi connectivity index (χ4n) is 2.21. The number of anilines is 1. The highest BCUT2D eigenvalue weighted by Gasteiger charge is 2.18. The first kappa shape index (κ1) is 14.1. The molecule has 19 heavy (non-hydrogen) atoms. The van der Waals surface area contributed by atoms with Crippen LogP contribution in [-0.4, -0.2) is 50.8 Å². The van der Waals surface area contributed by atoms with Crippen molar-refractivity contribution in [3.05, 3.63) is 24.0 Å². The number of halogens is 1. The van der Waals surface area contributed by atoms with E-state index in [2.05, 4.69) is 22.6 Å². The molecule has 1 unspecified atom stereocenters. The first-order valence-electron chi connectivity index (χ1n) is 6.78. The number of ether oxygens (including phenoxy) is 1. The maximum atomic E-state index is 13.7. The number of likely N-dealkylation sites (N-methyl/N-ethyl adjacent to an activating group) is 1. The number of nitrogens with zero attached hydrogens (tertiary/aromatic N) is 1. The molecule has 1 heterocycles. The zero-order valence-corrected chi connectivity index (χ0v) is 11.6. The first-order chi connectivity index (χ1) is 9.20. The molecule has 1 aliphatic rings. The molecule has 0 bridgehead atoms. The Morgan fingerprint density at radius 2 is 2.37 bits per heavy atom. The van der Waals surface area contributed by atoms with E-state index in [1.165, 1.54) is 6.07 Å². The van der Waals surface area contributed by atoms with E-state index in [0.717, 1.165) is 31.9 Å². The summed E-state index contributed by atoms with van der Waals surface area (Å²) in [4.78, 5) is 2.31. The largest absolute Gasteiger partial charge is 0.491 e. The lowest BCUT2D eigenvalue weighted by Crippen LogP contribution is -2.52. The van der Waals surface area contributed by atoms with Crippen LogP contribution in [-0.2, 0) is 0 Å². The molecule has 5 heteroatoms. The van der Waals surface area contributed by atoms with Crippen LogP contribution >= 0.6 is 0 Å². The summed E-state index contributed by atoms with van der Waals surface area (Å²) in [6.07, 6.45) is 0. The van der Waals surface area contributed by atoms with Gasteiger partial charge in [-0.25, -0.2) is 4.39 Å². The third kappa shape index (κ3) is 3.81. The lowest BCUT2D eigenvalue weighted by molar-refractivity contribution is 0.209. The second-order valence-corrected chi connectivity index (χ2v) is 4.80. The Labute approximate surface area is 113 Å². The maximum Gasteiger partial charge on any atom is 0.167 e. The highest BCUT2D eigenvalue weighted by atomic mass is 19.1. The van der Waals surface area contributed by atoms with Gasteiger partial charge in [0.05, 0.1) is 6.61 Å². The van der Waals surface area contributed by atoms with Crippen LogP contribution in [0.15, 0.2) is 18.2 Å². The topological polar surface area (TPSA) is 36.5 Å². The summed E-state index contributed by atoms with van der Waals surface area (Å²) >= 11 is 0. The van der Waals surface area contributed by atoms with E-state index in [1.54, 1.807) is 6.07 Å². The van der Waals surface area contributed by atoms with Crippen LogP contribution in [0.25, 0.3) is 0 Å². The zero-order valence-electron chi connectivity index (χ0n) is 11.6. The van der Waals surface area contributed by atoms with E-state index < -0.39 is 0 Å². The summed E-state index contributed by atoms with van der Waals surface area (Å²) in [6.45, 7) is 6.16. The van der Waals surface area contributed by atoms with Crippen molar-refractivity contribution in [3.63, 3.8) is 0 Å². The molecule has 106 valence electrons. The van der Waals surface area contributed by atoms with Gasteiger partial charge in [0.25, 0.3) is 0 Å². The number of piperazine rings is 1. The molecule has 0 aliphatic carbocycles. The van der Waals surface area contributed by atoms with Gasteiger partial charge in [-0.1, -0.05) is 0 Å². The van der Waals surface area contributed by atoms with Crippen LogP contribution in [0.3, 0.4) is 0 Å². The van der Waals surface area contributed by atoms with Crippen molar-refractivity contribution in [1.82, 2.24) is 10.2 Å². The van der Waals surface area contributed by atoms with E-state index in [9.17, 15) is 4.39 Å². The van der Waals surface area contributed by atoms with Crippen molar-refractivity contribution >= 4 is 5.69 Å². The van der Waals surface area contributed by atoms with Gasteiger partial charge in [0, 0.05) is 44.0 Å². The molecule has 0 aromatic heterocycles. The third-order valence-electron chi connectivity index (χ3n) is 3.42. The minimum atomic E-state index is -0.318. The summed E-state index contributed by atoms with van der Waals surface area (Å²) in [6, 6.07) is 5.44. The van der Waals surface area contributed by atoms with E-state index >= 15 is 0 Å². The van der Waals surface area contributed by atoms with E-state index in [1.807, 2.05) is 13.0 Å². The lowest BCUT2D eigenvalue weighted by atomic mass is 10.2. The summed E-state index contributed by atoms with van der Waals surface area (Å²) in [7, 11) is 2.12. The van der Waals surface area contributed by atoms with E-state index in [4.69, 9.17) is 4.74 Å². The Hall–Kier alpha value is -1.33. The van der Waals surface area contributed by atoms with Gasteiger partial charge in [-0.05, 0) is 26.1 Å². The molecule has 0 saturated carbocycles. The highest BCUT2D eigenvalue weighted by Crippen LogP contribution is 2.21. The van der Waals surface area contributed by atoms with Crippen LogP contribution < -0.4 is 15.4 Å². The van der Waals surface area contributed by atoms with Gasteiger partial charge >= 0.3 is 0 Å². The van der Waals surface area contributed by atoms with E-state index in [0.29, 0.717) is 18.4 Å². The van der Waals surface area contributed by atoms with Gasteiger partial charge in [-0.15, -0.1) is 0 Å². The molecule has 1 aromatic rings. The van der Waals surface area contributed by atoms with Gasteiger partial charge in [-0.2, -0.15) is 0 Å². The van der Waals surface area contributed by atoms with Gasteiger partial charge in [0.15, 0.2) is 11.6 Å². The number of rotatable bonds is 5. The fraction of sp³-hybridized carbons (Fsp3) is 0.571. The summed E-state index contributed by atoms with van der Waals surface area (Å²) < 4.78 is 18.9. The normalized spacial score (nSPS) is 20.3. The summed E-state index contributed by atoms with van der Waals surface area (Å²) in [5.41, 5.74) is 0.792. The molecule has 0 spiro atoms. The van der Waals surface area contributed by atoms with Gasteiger partial charge < -0.3 is 15.4 Å². The predicted molar refractivity (Wildman–Crippen MR) is 75.3 cm³/mol. The van der Waals surface area contributed by atoms with Crippen LogP contribution in [0.5, 0.6) is 5.75 Å². The Bertz CT molecular complexity index is 414. The molecule has 0 radical (unpaired) electrons. The number of benzene rings is 1. The Balaban J connectivity index is 1.90. The average molecular weight is 267 g/mol. The van der Waals surface area contributed by atoms with Crippen molar-refractivity contribution in [2.45, 2.75) is 13.0 Å². The maximum absolute atomic E-state index is 13.7. The monoisotopic (exact) mass is 267 g/mol. The van der Waals surface area contributed by atoms with Gasteiger partial charge in [0.1, 0.15) is 0 Å². The second kappa shape index (κ2) is 6.73. The molecule has 2 N–H and O–H groups in total. The van der Waals surface area contributed by atoms with Crippen molar-refractivity contribution in [1.29, 1.82) is 0 Å². The number of hydrogen-bond donors (Lipinski definition) is 2. The van der Waals surface area contributed by atoms with Crippen LogP contribution in [0.2, 0.25) is 0 Å². The molecule has 1 fully saturated rings. The molecule has 0 amide bonds. The molecule has 4 nitrogen and oxygen atoms in total. The molecular formula is C14H22FN3O. The van der Waals surface area contributed by atoms with E-state index in [-0.39, 0.29) is 5.82 Å². The van der Waals surface area contributed by atoms with Crippen molar-refractivity contribution in [2.75, 3.05) is 45.2 Å². The quantitative estimate of drug-likeness (QED) is 0.848. The Morgan fingerprint density at radius 3 is 3.05 bits per heavy atom. The second-order valence-electron chi connectivity index (χ2n) is 4.80. The average Bonchev–Trinajstić information content (AvgIpc) is 2.41. The minimum absolute atomic E-state index is 0.310. The van der Waals surface area contributed by atoms with Crippen LogP contribution in [0, 0.1) is 5.82 Å². The standard InChI is InChI=1S/C14H22FN3O/c1-3-19-14-5-4-11(8-13(14)15)17-10-12-9-16-6-7-18(12)2/h4-5,8,12,16-17H,3,6-7,9-10H2,1-2H3. The van der Waals surface area contributed by atoms with Crippen LogP contribution in [0.1, 0.15) is 6.92 Å². The lowest BCUT2D eigenvalue weighted by Gasteiger charge is -2.33. The highest BCUT2D eigenvalue weighted by molar-refractivity contribution is 5.47. The molecule has 1 atom stereocenters. The first-order valence-corrected chi connectivity index (χ1v) is 6.78. The molecule has 1 aliphatic heterocycles. The summed E-state index contributed by atoms with van der Waals surface area (Å²) in [5, 5.41) is 6.64. The minimum Gasteiger partial charge on any atom is -0.491 e. The van der Waals surface area contributed by atoms with Crippen LogP contribution in [0.4, 0.5) is 10.1 Å². The van der Waals surface area contributed by atoms with Crippen molar-refractivity contribution in [3.8, 4) is 5.75 Å². The van der Waals surface area contributed by atoms with Gasteiger partial charge in [-0.3, -0.25) is 4.90 Å². The van der Waals surface area contributed by atoms with Gasteiger partial charge in [0.2, 0.25) is 0 Å². The number of nitrogens with one attached hydrogen (secondary N) is 2. The zero-order chi connectivity index (χ0) is 13.7. The van der Waals surface area contributed by atoms with Crippen molar-refractivity contribution in [2.24, 2.45) is 0 Å². The SMILES string of the molecule is CCOc1ccc(NCC2CNCCN2C)cc1F. The smallest absolute Gasteiger partial charge is 0.167 e. The fourth-order valence-corrected chi connectivity index (χ4v) is 2.21. The Kier molecular flexibility index (Phi) is 4.99. The molecular weight excluding hydrogens is 245 g/mol. The summed E-state index contributed by atoms with van der Waals surface area (Å²) in [5.74, 6) is -0.00789.